The maximum atomic E-state index is 14.4. The fourth-order valence-corrected chi connectivity index (χ4v) is 3.12. The van der Waals surface area contributed by atoms with E-state index in [1.54, 1.807) is 30.6 Å². The van der Waals surface area contributed by atoms with Crippen LogP contribution in [-0.4, -0.2) is 50.5 Å². The van der Waals surface area contributed by atoms with Gasteiger partial charge in [0.25, 0.3) is 0 Å². The van der Waals surface area contributed by atoms with Crippen LogP contribution in [0.25, 0.3) is 0 Å². The van der Waals surface area contributed by atoms with Crippen LogP contribution in [0.15, 0.2) is 47.7 Å². The molecule has 3 rings (SSSR count). The van der Waals surface area contributed by atoms with Crippen molar-refractivity contribution in [1.29, 1.82) is 0 Å². The summed E-state index contributed by atoms with van der Waals surface area (Å²) < 4.78 is 31.0. The molecule has 0 radical (unpaired) electrons. The van der Waals surface area contributed by atoms with Gasteiger partial charge in [-0.3, -0.25) is 4.98 Å². The van der Waals surface area contributed by atoms with Gasteiger partial charge in [0.15, 0.2) is 17.5 Å². The molecular formula is C23H31FN4O3. The third-order valence-electron chi connectivity index (χ3n) is 4.76. The van der Waals surface area contributed by atoms with Gasteiger partial charge in [0.2, 0.25) is 0 Å². The molecule has 1 atom stereocenters. The summed E-state index contributed by atoms with van der Waals surface area (Å²) in [6.45, 7) is 6.99. The summed E-state index contributed by atoms with van der Waals surface area (Å²) in [5.41, 5.74) is 0.760. The van der Waals surface area contributed by atoms with Crippen molar-refractivity contribution in [2.75, 3.05) is 39.5 Å². The molecule has 0 saturated carbocycles. The average molecular weight is 431 g/mol. The van der Waals surface area contributed by atoms with Gasteiger partial charge in [0.1, 0.15) is 5.75 Å². The second-order valence-corrected chi connectivity index (χ2v) is 7.34. The molecule has 2 heterocycles. The van der Waals surface area contributed by atoms with Gasteiger partial charge in [-0.1, -0.05) is 6.07 Å². The number of rotatable bonds is 11. The Hall–Kier alpha value is -2.71. The molecule has 0 spiro atoms. The van der Waals surface area contributed by atoms with Crippen LogP contribution < -0.4 is 15.4 Å². The first-order valence-corrected chi connectivity index (χ1v) is 10.8. The number of nitrogens with zero attached hydrogens (tertiary/aromatic N) is 2. The number of nitrogens with one attached hydrogen (secondary N) is 2. The maximum absolute atomic E-state index is 14.4. The molecule has 1 aliphatic heterocycles. The Morgan fingerprint density at radius 2 is 2.26 bits per heavy atom. The van der Waals surface area contributed by atoms with Gasteiger partial charge in [-0.2, -0.15) is 0 Å². The van der Waals surface area contributed by atoms with Crippen molar-refractivity contribution in [3.63, 3.8) is 0 Å². The van der Waals surface area contributed by atoms with E-state index < -0.39 is 5.82 Å². The van der Waals surface area contributed by atoms with Crippen LogP contribution in [0.4, 0.5) is 4.39 Å². The lowest BCUT2D eigenvalue weighted by Crippen LogP contribution is -2.38. The number of aliphatic imine (C=N–C) groups is 1. The van der Waals surface area contributed by atoms with Crippen LogP contribution in [0.5, 0.6) is 11.5 Å². The summed E-state index contributed by atoms with van der Waals surface area (Å²) in [5, 5.41) is 6.49. The van der Waals surface area contributed by atoms with Crippen molar-refractivity contribution in [1.82, 2.24) is 15.6 Å². The highest BCUT2D eigenvalue weighted by atomic mass is 19.1. The smallest absolute Gasteiger partial charge is 0.191 e. The van der Waals surface area contributed by atoms with Crippen molar-refractivity contribution in [2.24, 2.45) is 10.9 Å². The molecule has 0 amide bonds. The van der Waals surface area contributed by atoms with Gasteiger partial charge in [-0.15, -0.1) is 0 Å². The number of aromatic nitrogens is 1. The molecule has 8 heteroatoms. The first kappa shape index (κ1) is 23.0. The van der Waals surface area contributed by atoms with Crippen molar-refractivity contribution in [3.8, 4) is 11.5 Å². The van der Waals surface area contributed by atoms with E-state index in [1.807, 2.05) is 13.0 Å². The molecule has 1 unspecified atom stereocenters. The van der Waals surface area contributed by atoms with Crippen molar-refractivity contribution >= 4 is 5.96 Å². The van der Waals surface area contributed by atoms with E-state index in [2.05, 4.69) is 20.6 Å². The van der Waals surface area contributed by atoms with Crippen LogP contribution in [0.2, 0.25) is 0 Å². The van der Waals surface area contributed by atoms with Gasteiger partial charge in [-0.05, 0) is 49.6 Å². The molecule has 1 aliphatic rings. The van der Waals surface area contributed by atoms with E-state index in [9.17, 15) is 4.39 Å². The summed E-state index contributed by atoms with van der Waals surface area (Å²) in [6, 6.07) is 8.33. The lowest BCUT2D eigenvalue weighted by molar-refractivity contribution is 0.0888. The summed E-state index contributed by atoms with van der Waals surface area (Å²) in [5.74, 6) is 1.46. The lowest BCUT2D eigenvalue weighted by atomic mass is 10.1. The van der Waals surface area contributed by atoms with Gasteiger partial charge in [0.05, 0.1) is 26.0 Å². The minimum absolute atomic E-state index is 0.162. The van der Waals surface area contributed by atoms with Crippen LogP contribution >= 0.6 is 0 Å². The zero-order valence-electron chi connectivity index (χ0n) is 18.0. The molecule has 1 aromatic carbocycles. The van der Waals surface area contributed by atoms with E-state index in [0.29, 0.717) is 30.8 Å². The highest BCUT2D eigenvalue weighted by Crippen LogP contribution is 2.24. The normalized spacial score (nSPS) is 16.3. The molecule has 2 N–H and O–H groups in total. The third-order valence-corrected chi connectivity index (χ3v) is 4.76. The molecule has 2 aromatic rings. The number of pyridine rings is 1. The molecule has 168 valence electrons. The molecule has 1 aromatic heterocycles. The van der Waals surface area contributed by atoms with Crippen molar-refractivity contribution in [3.05, 3.63) is 54.1 Å². The van der Waals surface area contributed by atoms with Crippen LogP contribution in [-0.2, 0) is 16.0 Å². The van der Waals surface area contributed by atoms with Crippen LogP contribution in [0.1, 0.15) is 25.3 Å². The largest absolute Gasteiger partial charge is 0.453 e. The topological polar surface area (TPSA) is 77.0 Å². The minimum Gasteiger partial charge on any atom is -0.453 e. The predicted octanol–water partition coefficient (Wildman–Crippen LogP) is 3.51. The summed E-state index contributed by atoms with van der Waals surface area (Å²) in [6.07, 6.45) is 5.15. The fourth-order valence-electron chi connectivity index (χ4n) is 3.12. The standard InChI is InChI=1S/C23H31FN4O3/c1-2-26-23(27-10-4-11-29-16-19-8-12-30-17-19)28-14-18-6-7-22(21(24)13-18)31-20-5-3-9-25-15-20/h3,5-7,9,13,15,19H,2,4,8,10-12,14,16-17H2,1H3,(H2,26,27,28). The van der Waals surface area contributed by atoms with Gasteiger partial charge in [0, 0.05) is 38.4 Å². The number of ether oxygens (including phenoxy) is 3. The zero-order valence-corrected chi connectivity index (χ0v) is 18.0. The molecular weight excluding hydrogens is 399 g/mol. The molecule has 0 aliphatic carbocycles. The number of guanidine groups is 1. The summed E-state index contributed by atoms with van der Waals surface area (Å²) in [7, 11) is 0. The van der Waals surface area contributed by atoms with Crippen LogP contribution in [0, 0.1) is 11.7 Å². The monoisotopic (exact) mass is 430 g/mol. The van der Waals surface area contributed by atoms with Crippen molar-refractivity contribution < 1.29 is 18.6 Å². The SMILES string of the molecule is CCNC(=NCc1ccc(Oc2cccnc2)c(F)c1)NCCCOCC1CCOC1. The highest BCUT2D eigenvalue weighted by Gasteiger charge is 2.15. The lowest BCUT2D eigenvalue weighted by Gasteiger charge is -2.12. The predicted molar refractivity (Wildman–Crippen MR) is 118 cm³/mol. The Bertz CT molecular complexity index is 814. The van der Waals surface area contributed by atoms with Crippen LogP contribution in [0.3, 0.4) is 0 Å². The number of hydrogen-bond acceptors (Lipinski definition) is 5. The molecule has 1 fully saturated rings. The summed E-state index contributed by atoms with van der Waals surface area (Å²) >= 11 is 0. The maximum Gasteiger partial charge on any atom is 0.191 e. The minimum atomic E-state index is -0.431. The quantitative estimate of drug-likeness (QED) is 0.323. The summed E-state index contributed by atoms with van der Waals surface area (Å²) in [4.78, 5) is 8.50. The third kappa shape index (κ3) is 8.15. The van der Waals surface area contributed by atoms with E-state index in [4.69, 9.17) is 14.2 Å². The Labute approximate surface area is 183 Å². The van der Waals surface area contributed by atoms with E-state index in [0.717, 1.165) is 51.3 Å². The first-order chi connectivity index (χ1) is 15.2. The van der Waals surface area contributed by atoms with Gasteiger partial charge < -0.3 is 24.8 Å². The Morgan fingerprint density at radius 3 is 3.00 bits per heavy atom. The van der Waals surface area contributed by atoms with E-state index >= 15 is 0 Å². The first-order valence-electron chi connectivity index (χ1n) is 10.8. The Morgan fingerprint density at radius 1 is 1.32 bits per heavy atom. The highest BCUT2D eigenvalue weighted by molar-refractivity contribution is 5.79. The van der Waals surface area contributed by atoms with E-state index in [1.165, 1.54) is 6.07 Å². The molecule has 0 bridgehead atoms. The Balaban J connectivity index is 1.42. The average Bonchev–Trinajstić information content (AvgIpc) is 3.30. The number of halogens is 1. The molecule has 31 heavy (non-hydrogen) atoms. The fraction of sp³-hybridized carbons (Fsp3) is 0.478. The van der Waals surface area contributed by atoms with Gasteiger partial charge in [-0.25, -0.2) is 9.38 Å². The Kier molecular flexibility index (Phi) is 9.53. The molecule has 7 nitrogen and oxygen atoms in total. The molecule has 1 saturated heterocycles. The number of hydrogen-bond donors (Lipinski definition) is 2. The van der Waals surface area contributed by atoms with Crippen molar-refractivity contribution in [2.45, 2.75) is 26.3 Å². The number of benzene rings is 1. The zero-order chi connectivity index (χ0) is 21.7. The van der Waals surface area contributed by atoms with E-state index in [-0.39, 0.29) is 5.75 Å². The van der Waals surface area contributed by atoms with Gasteiger partial charge >= 0.3 is 0 Å². The second-order valence-electron chi connectivity index (χ2n) is 7.34. The second kappa shape index (κ2) is 12.9.